The lowest BCUT2D eigenvalue weighted by Crippen LogP contribution is -2.18. The fourth-order valence-electron chi connectivity index (χ4n) is 3.66. The lowest BCUT2D eigenvalue weighted by molar-refractivity contribution is -0.139. The molecule has 1 rings (SSSR count). The van der Waals surface area contributed by atoms with Gasteiger partial charge in [0, 0.05) is 6.42 Å². The van der Waals surface area contributed by atoms with Gasteiger partial charge >= 0.3 is 5.97 Å². The number of allylic oxidation sites excluding steroid dienone is 2. The summed E-state index contributed by atoms with van der Waals surface area (Å²) in [4.78, 5) is 16.0. The first-order valence-corrected chi connectivity index (χ1v) is 10.7. The summed E-state index contributed by atoms with van der Waals surface area (Å²) in [5, 5.41) is 9.93. The van der Waals surface area contributed by atoms with Crippen LogP contribution >= 0.6 is 0 Å². The molecule has 0 aromatic heterocycles. The van der Waals surface area contributed by atoms with Crippen LogP contribution in [0, 0.1) is 0 Å². The maximum absolute atomic E-state index is 11.7. The van der Waals surface area contributed by atoms with Gasteiger partial charge in [-0.25, -0.2) is 4.79 Å². The van der Waals surface area contributed by atoms with E-state index in [2.05, 4.69) is 11.8 Å². The zero-order valence-corrected chi connectivity index (χ0v) is 16.7. The minimum Gasteiger partial charge on any atom is -0.511 e. The maximum Gasteiger partial charge on any atom is 0.360 e. The van der Waals surface area contributed by atoms with Crippen molar-refractivity contribution in [2.24, 2.45) is 5.90 Å². The van der Waals surface area contributed by atoms with Gasteiger partial charge in [-0.05, 0) is 24.8 Å². The zero-order valence-electron chi connectivity index (χ0n) is 16.7. The van der Waals surface area contributed by atoms with Crippen LogP contribution in [-0.2, 0) is 9.63 Å². The first kappa shape index (κ1) is 22.8. The number of rotatable bonds is 15. The van der Waals surface area contributed by atoms with Crippen molar-refractivity contribution in [3.05, 3.63) is 23.0 Å². The fraction of sp³-hybridized carbons (Fsp3) is 0.773. The van der Waals surface area contributed by atoms with Gasteiger partial charge in [-0.2, -0.15) is 5.90 Å². The number of carbonyl (C=O) groups is 1. The Kier molecular flexibility index (Phi) is 13.0. The van der Waals surface area contributed by atoms with E-state index in [1.54, 1.807) is 0 Å². The second-order valence-corrected chi connectivity index (χ2v) is 7.49. The van der Waals surface area contributed by atoms with E-state index < -0.39 is 5.97 Å². The van der Waals surface area contributed by atoms with E-state index in [1.165, 1.54) is 77.0 Å². The molecule has 0 atom stereocenters. The van der Waals surface area contributed by atoms with Crippen molar-refractivity contribution < 1.29 is 14.7 Å². The third-order valence-electron chi connectivity index (χ3n) is 5.24. The highest BCUT2D eigenvalue weighted by Crippen LogP contribution is 2.28. The highest BCUT2D eigenvalue weighted by molar-refractivity contribution is 5.94. The summed E-state index contributed by atoms with van der Waals surface area (Å²) in [5.41, 5.74) is 1.19. The molecular weight excluding hydrogens is 326 g/mol. The number of aliphatic hydroxyl groups is 1. The molecule has 0 saturated carbocycles. The van der Waals surface area contributed by atoms with Crippen LogP contribution in [0.3, 0.4) is 0 Å². The fourth-order valence-corrected chi connectivity index (χ4v) is 3.66. The lowest BCUT2D eigenvalue weighted by atomic mass is 9.92. The van der Waals surface area contributed by atoms with E-state index in [0.717, 1.165) is 24.8 Å². The van der Waals surface area contributed by atoms with Gasteiger partial charge in [0.05, 0.1) is 0 Å². The van der Waals surface area contributed by atoms with Gasteiger partial charge in [0.15, 0.2) is 0 Å². The molecule has 1 aliphatic rings. The minimum absolute atomic E-state index is 0.118. The Morgan fingerprint density at radius 3 is 1.96 bits per heavy atom. The van der Waals surface area contributed by atoms with Gasteiger partial charge in [-0.15, -0.1) is 0 Å². The topological polar surface area (TPSA) is 72.5 Å². The standard InChI is InChI=1S/C22H39NO3/c1-2-3-4-5-6-7-8-9-10-11-12-13-14-16-19-17-15-18-20(24)21(19)22(25)26-23/h17,24H,2-16,18,23H2,1H3. The average Bonchev–Trinajstić information content (AvgIpc) is 2.65. The van der Waals surface area contributed by atoms with Crippen molar-refractivity contribution >= 4 is 5.97 Å². The number of aliphatic hydroxyl groups excluding tert-OH is 1. The smallest absolute Gasteiger partial charge is 0.360 e. The quantitative estimate of drug-likeness (QED) is 0.259. The lowest BCUT2D eigenvalue weighted by Gasteiger charge is -2.16. The van der Waals surface area contributed by atoms with Gasteiger partial charge in [0.1, 0.15) is 11.3 Å². The van der Waals surface area contributed by atoms with E-state index in [0.29, 0.717) is 6.42 Å². The average molecular weight is 366 g/mol. The van der Waals surface area contributed by atoms with Gasteiger partial charge in [-0.1, -0.05) is 90.0 Å². The summed E-state index contributed by atoms with van der Waals surface area (Å²) >= 11 is 0. The van der Waals surface area contributed by atoms with Crippen LogP contribution in [0.4, 0.5) is 0 Å². The maximum atomic E-state index is 11.7. The first-order chi connectivity index (χ1) is 12.7. The van der Waals surface area contributed by atoms with E-state index in [9.17, 15) is 9.90 Å². The summed E-state index contributed by atoms with van der Waals surface area (Å²) in [6.45, 7) is 2.26. The van der Waals surface area contributed by atoms with Crippen LogP contribution in [0.25, 0.3) is 0 Å². The number of unbranched alkanes of at least 4 members (excludes halogenated alkanes) is 12. The summed E-state index contributed by atoms with van der Waals surface area (Å²) in [7, 11) is 0. The summed E-state index contributed by atoms with van der Waals surface area (Å²) in [5.74, 6) is 4.48. The van der Waals surface area contributed by atoms with Crippen molar-refractivity contribution in [1.82, 2.24) is 0 Å². The van der Waals surface area contributed by atoms with E-state index >= 15 is 0 Å². The molecule has 0 unspecified atom stereocenters. The summed E-state index contributed by atoms with van der Waals surface area (Å²) in [6.07, 6.45) is 21.3. The Balaban J connectivity index is 2.02. The molecule has 0 amide bonds. The van der Waals surface area contributed by atoms with Crippen molar-refractivity contribution in [1.29, 1.82) is 0 Å². The normalized spacial score (nSPS) is 14.5. The SMILES string of the molecule is CCCCCCCCCCCCCCCC1=CCCC(O)=C1C(=O)ON. The third-order valence-corrected chi connectivity index (χ3v) is 5.24. The Morgan fingerprint density at radius 2 is 1.46 bits per heavy atom. The van der Waals surface area contributed by atoms with E-state index in [1.807, 2.05) is 6.08 Å². The predicted octanol–water partition coefficient (Wildman–Crippen LogP) is 6.42. The van der Waals surface area contributed by atoms with E-state index in [4.69, 9.17) is 5.90 Å². The van der Waals surface area contributed by atoms with Crippen molar-refractivity contribution in [3.63, 3.8) is 0 Å². The van der Waals surface area contributed by atoms with Crippen LogP contribution in [-0.4, -0.2) is 11.1 Å². The van der Waals surface area contributed by atoms with Crippen LogP contribution in [0.2, 0.25) is 0 Å². The largest absolute Gasteiger partial charge is 0.511 e. The van der Waals surface area contributed by atoms with Crippen molar-refractivity contribution in [2.75, 3.05) is 0 Å². The second-order valence-electron chi connectivity index (χ2n) is 7.49. The number of nitrogens with two attached hydrogens (primary N) is 1. The molecule has 0 aromatic carbocycles. The molecule has 0 radical (unpaired) electrons. The number of hydrogen-bond donors (Lipinski definition) is 2. The zero-order chi connectivity index (χ0) is 19.0. The van der Waals surface area contributed by atoms with E-state index in [-0.39, 0.29) is 11.3 Å². The highest BCUT2D eigenvalue weighted by atomic mass is 16.7. The predicted molar refractivity (Wildman–Crippen MR) is 108 cm³/mol. The van der Waals surface area contributed by atoms with Crippen LogP contribution in [0.15, 0.2) is 23.0 Å². The van der Waals surface area contributed by atoms with Crippen molar-refractivity contribution in [3.8, 4) is 0 Å². The monoisotopic (exact) mass is 365 g/mol. The molecule has 0 aliphatic heterocycles. The van der Waals surface area contributed by atoms with Gasteiger partial charge < -0.3 is 9.94 Å². The van der Waals surface area contributed by atoms with Crippen LogP contribution in [0.1, 0.15) is 110 Å². The summed E-state index contributed by atoms with van der Waals surface area (Å²) in [6, 6.07) is 0. The van der Waals surface area contributed by atoms with Gasteiger partial charge in [-0.3, -0.25) is 0 Å². The molecule has 0 bridgehead atoms. The Bertz CT molecular complexity index is 454. The molecule has 4 nitrogen and oxygen atoms in total. The molecule has 0 fully saturated rings. The highest BCUT2D eigenvalue weighted by Gasteiger charge is 2.23. The molecule has 0 aromatic rings. The molecule has 3 N–H and O–H groups in total. The number of carbonyl (C=O) groups excluding carboxylic acids is 1. The van der Waals surface area contributed by atoms with Gasteiger partial charge in [0.2, 0.25) is 0 Å². The molecule has 0 spiro atoms. The van der Waals surface area contributed by atoms with Crippen molar-refractivity contribution in [2.45, 2.75) is 110 Å². The van der Waals surface area contributed by atoms with Crippen LogP contribution < -0.4 is 5.90 Å². The number of hydrogen-bond acceptors (Lipinski definition) is 4. The van der Waals surface area contributed by atoms with Gasteiger partial charge in [0.25, 0.3) is 0 Å². The summed E-state index contributed by atoms with van der Waals surface area (Å²) < 4.78 is 0. The molecule has 26 heavy (non-hydrogen) atoms. The molecule has 150 valence electrons. The molecule has 0 saturated heterocycles. The van der Waals surface area contributed by atoms with Crippen LogP contribution in [0.5, 0.6) is 0 Å². The molecular formula is C22H39NO3. The minimum atomic E-state index is -0.622. The Labute approximate surface area is 159 Å². The molecule has 1 aliphatic carbocycles. The third kappa shape index (κ3) is 9.42. The Hall–Kier alpha value is -1.29. The second kappa shape index (κ2) is 14.8. The Morgan fingerprint density at radius 1 is 0.962 bits per heavy atom. The molecule has 0 heterocycles. The molecule has 4 heteroatoms. The first-order valence-electron chi connectivity index (χ1n) is 10.7.